The highest BCUT2D eigenvalue weighted by Gasteiger charge is 2.20. The number of fused-ring (bicyclic) bond motifs is 1. The summed E-state index contributed by atoms with van der Waals surface area (Å²) >= 11 is 1.95. The molecule has 0 radical (unpaired) electrons. The molecule has 1 heterocycles. The standard InChI is InChI=1S/C15H22N2OS/c1-2-8-17-15(18)7-9-16-11-13-10-12-5-3-4-6-14(12)19-13/h3-6,13,16H,2,7-11H2,1H3,(H,17,18). The third-order valence-electron chi connectivity index (χ3n) is 3.19. The lowest BCUT2D eigenvalue weighted by Gasteiger charge is -2.10. The highest BCUT2D eigenvalue weighted by atomic mass is 32.2. The molecule has 1 unspecified atom stereocenters. The number of amides is 1. The number of rotatable bonds is 7. The molecule has 1 aliphatic heterocycles. The van der Waals surface area contributed by atoms with Gasteiger partial charge in [-0.15, -0.1) is 11.8 Å². The molecule has 0 aliphatic carbocycles. The van der Waals surface area contributed by atoms with E-state index in [-0.39, 0.29) is 5.91 Å². The molecule has 3 nitrogen and oxygen atoms in total. The van der Waals surface area contributed by atoms with Crippen LogP contribution in [-0.4, -0.2) is 30.8 Å². The minimum absolute atomic E-state index is 0.150. The van der Waals surface area contributed by atoms with Gasteiger partial charge in [-0.1, -0.05) is 25.1 Å². The van der Waals surface area contributed by atoms with Crippen molar-refractivity contribution in [3.05, 3.63) is 29.8 Å². The largest absolute Gasteiger partial charge is 0.356 e. The predicted octanol–water partition coefficient (Wildman–Crippen LogP) is 2.21. The van der Waals surface area contributed by atoms with Crippen LogP contribution in [0.1, 0.15) is 25.3 Å². The van der Waals surface area contributed by atoms with E-state index >= 15 is 0 Å². The molecule has 1 aliphatic rings. The molecule has 2 rings (SSSR count). The van der Waals surface area contributed by atoms with Crippen molar-refractivity contribution in [2.45, 2.75) is 36.3 Å². The van der Waals surface area contributed by atoms with Gasteiger partial charge in [-0.05, 0) is 24.5 Å². The Morgan fingerprint density at radius 2 is 2.21 bits per heavy atom. The van der Waals surface area contributed by atoms with Crippen molar-refractivity contribution in [3.63, 3.8) is 0 Å². The Bertz CT molecular complexity index is 397. The van der Waals surface area contributed by atoms with Crippen molar-refractivity contribution in [1.29, 1.82) is 0 Å². The van der Waals surface area contributed by atoms with Crippen LogP contribution in [0.3, 0.4) is 0 Å². The smallest absolute Gasteiger partial charge is 0.221 e. The van der Waals surface area contributed by atoms with Crippen molar-refractivity contribution in [1.82, 2.24) is 10.6 Å². The summed E-state index contributed by atoms with van der Waals surface area (Å²) in [5.41, 5.74) is 1.46. The number of carbonyl (C=O) groups is 1. The Labute approximate surface area is 119 Å². The highest BCUT2D eigenvalue weighted by molar-refractivity contribution is 8.00. The normalized spacial score (nSPS) is 17.2. The Balaban J connectivity index is 1.59. The second kappa shape index (κ2) is 7.56. The van der Waals surface area contributed by atoms with Gasteiger partial charge < -0.3 is 10.6 Å². The highest BCUT2D eigenvalue weighted by Crippen LogP contribution is 2.36. The molecule has 2 N–H and O–H groups in total. The van der Waals surface area contributed by atoms with Gasteiger partial charge >= 0.3 is 0 Å². The zero-order chi connectivity index (χ0) is 13.5. The molecule has 104 valence electrons. The number of carbonyl (C=O) groups excluding carboxylic acids is 1. The van der Waals surface area contributed by atoms with Gasteiger partial charge in [0.25, 0.3) is 0 Å². The van der Waals surface area contributed by atoms with Gasteiger partial charge in [0.05, 0.1) is 0 Å². The fourth-order valence-electron chi connectivity index (χ4n) is 2.19. The first-order valence-corrected chi connectivity index (χ1v) is 7.89. The van der Waals surface area contributed by atoms with E-state index in [2.05, 4.69) is 41.8 Å². The second-order valence-corrected chi connectivity index (χ2v) is 6.20. The van der Waals surface area contributed by atoms with Gasteiger partial charge in [-0.3, -0.25) is 4.79 Å². The number of nitrogens with one attached hydrogen (secondary N) is 2. The minimum Gasteiger partial charge on any atom is -0.356 e. The van der Waals surface area contributed by atoms with Crippen LogP contribution < -0.4 is 10.6 Å². The molecule has 19 heavy (non-hydrogen) atoms. The zero-order valence-electron chi connectivity index (χ0n) is 11.4. The molecule has 0 fully saturated rings. The molecule has 1 amide bonds. The topological polar surface area (TPSA) is 41.1 Å². The van der Waals surface area contributed by atoms with Crippen LogP contribution in [0.5, 0.6) is 0 Å². The SMILES string of the molecule is CCCNC(=O)CCNCC1Cc2ccccc2S1. The Kier molecular flexibility index (Phi) is 5.73. The third-order valence-corrected chi connectivity index (χ3v) is 4.51. The maximum atomic E-state index is 11.4. The van der Waals surface area contributed by atoms with Crippen LogP contribution in [0.4, 0.5) is 0 Å². The van der Waals surface area contributed by atoms with Crippen molar-refractivity contribution in [2.75, 3.05) is 19.6 Å². The Hall–Kier alpha value is -1.00. The quantitative estimate of drug-likeness (QED) is 0.751. The molecule has 1 aromatic carbocycles. The van der Waals surface area contributed by atoms with Crippen LogP contribution >= 0.6 is 11.8 Å². The molecule has 1 aromatic rings. The average molecular weight is 278 g/mol. The van der Waals surface area contributed by atoms with E-state index in [4.69, 9.17) is 0 Å². The first-order valence-electron chi connectivity index (χ1n) is 7.01. The Morgan fingerprint density at radius 1 is 1.37 bits per heavy atom. The summed E-state index contributed by atoms with van der Waals surface area (Å²) in [5, 5.41) is 6.89. The fourth-order valence-corrected chi connectivity index (χ4v) is 3.47. The van der Waals surface area contributed by atoms with Crippen LogP contribution in [0.25, 0.3) is 0 Å². The van der Waals surface area contributed by atoms with Crippen LogP contribution in [0.2, 0.25) is 0 Å². The van der Waals surface area contributed by atoms with E-state index in [0.29, 0.717) is 11.7 Å². The first kappa shape index (κ1) is 14.4. The monoisotopic (exact) mass is 278 g/mol. The second-order valence-electron chi connectivity index (χ2n) is 4.86. The van der Waals surface area contributed by atoms with Crippen molar-refractivity contribution in [2.24, 2.45) is 0 Å². The molecule has 0 saturated heterocycles. The summed E-state index contributed by atoms with van der Waals surface area (Å²) < 4.78 is 0. The van der Waals surface area contributed by atoms with E-state index in [9.17, 15) is 4.79 Å². The molecule has 0 saturated carbocycles. The van der Waals surface area contributed by atoms with Crippen molar-refractivity contribution < 1.29 is 4.79 Å². The number of hydrogen-bond donors (Lipinski definition) is 2. The van der Waals surface area contributed by atoms with E-state index < -0.39 is 0 Å². The van der Waals surface area contributed by atoms with E-state index in [1.54, 1.807) is 0 Å². The summed E-state index contributed by atoms with van der Waals surface area (Å²) in [4.78, 5) is 12.8. The number of thioether (sulfide) groups is 1. The summed E-state index contributed by atoms with van der Waals surface area (Å²) in [6.07, 6.45) is 2.70. The van der Waals surface area contributed by atoms with Gasteiger partial charge in [0.15, 0.2) is 0 Å². The van der Waals surface area contributed by atoms with Crippen molar-refractivity contribution in [3.8, 4) is 0 Å². The molecular formula is C15H22N2OS. The van der Waals surface area contributed by atoms with Crippen LogP contribution in [-0.2, 0) is 11.2 Å². The lowest BCUT2D eigenvalue weighted by atomic mass is 10.1. The maximum absolute atomic E-state index is 11.4. The summed E-state index contributed by atoms with van der Waals surface area (Å²) in [7, 11) is 0. The summed E-state index contributed by atoms with van der Waals surface area (Å²) in [6.45, 7) is 4.59. The fraction of sp³-hybridized carbons (Fsp3) is 0.533. The molecule has 1 atom stereocenters. The zero-order valence-corrected chi connectivity index (χ0v) is 12.3. The van der Waals surface area contributed by atoms with E-state index in [0.717, 1.165) is 32.5 Å². The third kappa shape index (κ3) is 4.55. The minimum atomic E-state index is 0.150. The van der Waals surface area contributed by atoms with E-state index in [1.807, 2.05) is 11.8 Å². The summed E-state index contributed by atoms with van der Waals surface area (Å²) in [5.74, 6) is 0.150. The summed E-state index contributed by atoms with van der Waals surface area (Å²) in [6, 6.07) is 8.60. The molecule has 0 bridgehead atoms. The van der Waals surface area contributed by atoms with E-state index in [1.165, 1.54) is 10.5 Å². The first-order chi connectivity index (χ1) is 9.29. The molecular weight excluding hydrogens is 256 g/mol. The average Bonchev–Trinajstić information content (AvgIpc) is 2.84. The van der Waals surface area contributed by atoms with Crippen molar-refractivity contribution >= 4 is 17.7 Å². The lowest BCUT2D eigenvalue weighted by molar-refractivity contribution is -0.120. The van der Waals surface area contributed by atoms with Gasteiger partial charge in [0.1, 0.15) is 0 Å². The Morgan fingerprint density at radius 3 is 3.00 bits per heavy atom. The van der Waals surface area contributed by atoms with Gasteiger partial charge in [0, 0.05) is 36.2 Å². The number of benzene rings is 1. The number of hydrogen-bond acceptors (Lipinski definition) is 3. The predicted molar refractivity (Wildman–Crippen MR) is 80.6 cm³/mol. The molecule has 0 aromatic heterocycles. The van der Waals surface area contributed by atoms with Gasteiger partial charge in [-0.2, -0.15) is 0 Å². The van der Waals surface area contributed by atoms with Gasteiger partial charge in [0.2, 0.25) is 5.91 Å². The molecule has 0 spiro atoms. The maximum Gasteiger partial charge on any atom is 0.221 e. The van der Waals surface area contributed by atoms with Crippen LogP contribution in [0, 0.1) is 0 Å². The molecule has 4 heteroatoms. The van der Waals surface area contributed by atoms with Gasteiger partial charge in [-0.25, -0.2) is 0 Å². The van der Waals surface area contributed by atoms with Crippen LogP contribution in [0.15, 0.2) is 29.2 Å². The lowest BCUT2D eigenvalue weighted by Crippen LogP contribution is -2.31.